The molecule has 0 heterocycles. The summed E-state index contributed by atoms with van der Waals surface area (Å²) in [7, 11) is 0. The molecule has 0 amide bonds. The Morgan fingerprint density at radius 3 is 2.37 bits per heavy atom. The number of benzene rings is 2. The smallest absolute Gasteiger partial charge is 0.263 e. The summed E-state index contributed by atoms with van der Waals surface area (Å²) in [5, 5.41) is 3.23. The first kappa shape index (κ1) is 13.5. The maximum absolute atomic E-state index is 12.6. The van der Waals surface area contributed by atoms with Crippen LogP contribution in [0.15, 0.2) is 48.5 Å². The van der Waals surface area contributed by atoms with Crippen LogP contribution in [0.3, 0.4) is 0 Å². The quantitative estimate of drug-likeness (QED) is 0.815. The molecule has 3 heteroatoms. The SMILES string of the molecule is CCc1ccc(NCc2cccc(C(F)F)c2)cc1. The molecule has 0 radical (unpaired) electrons. The van der Waals surface area contributed by atoms with Crippen LogP contribution < -0.4 is 5.32 Å². The van der Waals surface area contributed by atoms with Crippen LogP contribution in [0.25, 0.3) is 0 Å². The van der Waals surface area contributed by atoms with E-state index >= 15 is 0 Å². The Hall–Kier alpha value is -1.90. The zero-order chi connectivity index (χ0) is 13.7. The van der Waals surface area contributed by atoms with E-state index in [0.29, 0.717) is 6.54 Å². The molecule has 0 atom stereocenters. The van der Waals surface area contributed by atoms with Crippen molar-refractivity contribution in [2.75, 3.05) is 5.32 Å². The zero-order valence-corrected chi connectivity index (χ0v) is 10.9. The van der Waals surface area contributed by atoms with Crippen LogP contribution in [0, 0.1) is 0 Å². The maximum atomic E-state index is 12.6. The van der Waals surface area contributed by atoms with Crippen molar-refractivity contribution in [1.82, 2.24) is 0 Å². The molecular formula is C16H17F2N. The summed E-state index contributed by atoms with van der Waals surface area (Å²) in [6, 6.07) is 14.7. The molecule has 0 aromatic heterocycles. The third-order valence-electron chi connectivity index (χ3n) is 3.06. The maximum Gasteiger partial charge on any atom is 0.263 e. The Balaban J connectivity index is 1.99. The van der Waals surface area contributed by atoms with E-state index in [9.17, 15) is 8.78 Å². The molecule has 2 rings (SSSR count). The molecule has 0 bridgehead atoms. The first-order valence-corrected chi connectivity index (χ1v) is 6.39. The minimum atomic E-state index is -2.41. The number of alkyl halides is 2. The van der Waals surface area contributed by atoms with Crippen LogP contribution in [0.2, 0.25) is 0 Å². The lowest BCUT2D eigenvalue weighted by atomic mass is 10.1. The van der Waals surface area contributed by atoms with Gasteiger partial charge in [-0.2, -0.15) is 0 Å². The van der Waals surface area contributed by atoms with Gasteiger partial charge in [0, 0.05) is 17.8 Å². The lowest BCUT2D eigenvalue weighted by Crippen LogP contribution is -2.00. The van der Waals surface area contributed by atoms with E-state index in [1.807, 2.05) is 18.2 Å². The molecule has 0 fully saturated rings. The van der Waals surface area contributed by atoms with Crippen molar-refractivity contribution in [3.05, 3.63) is 65.2 Å². The van der Waals surface area contributed by atoms with Gasteiger partial charge in [-0.05, 0) is 35.7 Å². The molecule has 1 N–H and O–H groups in total. The number of halogens is 2. The standard InChI is InChI=1S/C16H17F2N/c1-2-12-6-8-15(9-7-12)19-11-13-4-3-5-14(10-13)16(17)18/h3-10,16,19H,2,11H2,1H3. The van der Waals surface area contributed by atoms with Crippen LogP contribution in [-0.2, 0) is 13.0 Å². The highest BCUT2D eigenvalue weighted by molar-refractivity contribution is 5.45. The largest absolute Gasteiger partial charge is 0.381 e. The van der Waals surface area contributed by atoms with Crippen molar-refractivity contribution in [1.29, 1.82) is 0 Å². The van der Waals surface area contributed by atoms with Crippen molar-refractivity contribution in [3.8, 4) is 0 Å². The third kappa shape index (κ3) is 3.78. The van der Waals surface area contributed by atoms with E-state index in [2.05, 4.69) is 24.4 Å². The summed E-state index contributed by atoms with van der Waals surface area (Å²) in [4.78, 5) is 0. The van der Waals surface area contributed by atoms with Crippen molar-refractivity contribution >= 4 is 5.69 Å². The monoisotopic (exact) mass is 261 g/mol. The molecule has 2 aromatic rings. The lowest BCUT2D eigenvalue weighted by molar-refractivity contribution is 0.151. The van der Waals surface area contributed by atoms with Gasteiger partial charge in [-0.3, -0.25) is 0 Å². The Bertz CT molecular complexity index is 521. The minimum Gasteiger partial charge on any atom is -0.381 e. The van der Waals surface area contributed by atoms with Gasteiger partial charge in [0.15, 0.2) is 0 Å². The number of hydrogen-bond donors (Lipinski definition) is 1. The molecule has 0 saturated carbocycles. The zero-order valence-electron chi connectivity index (χ0n) is 10.9. The number of nitrogens with one attached hydrogen (secondary N) is 1. The van der Waals surface area contributed by atoms with Crippen molar-refractivity contribution < 1.29 is 8.78 Å². The molecule has 0 aliphatic heterocycles. The van der Waals surface area contributed by atoms with Crippen LogP contribution >= 0.6 is 0 Å². The summed E-state index contributed by atoms with van der Waals surface area (Å²) >= 11 is 0. The second-order valence-electron chi connectivity index (χ2n) is 4.45. The van der Waals surface area contributed by atoms with E-state index in [1.165, 1.54) is 17.7 Å². The van der Waals surface area contributed by atoms with Crippen molar-refractivity contribution in [2.45, 2.75) is 26.3 Å². The Morgan fingerprint density at radius 2 is 1.74 bits per heavy atom. The van der Waals surface area contributed by atoms with E-state index in [1.54, 1.807) is 6.07 Å². The normalized spacial score (nSPS) is 10.7. The van der Waals surface area contributed by atoms with Crippen LogP contribution in [0.5, 0.6) is 0 Å². The average Bonchev–Trinajstić information content (AvgIpc) is 2.46. The molecule has 0 aliphatic rings. The number of aryl methyl sites for hydroxylation is 1. The Kier molecular flexibility index (Phi) is 4.50. The fourth-order valence-corrected chi connectivity index (χ4v) is 1.90. The molecule has 19 heavy (non-hydrogen) atoms. The van der Waals surface area contributed by atoms with Gasteiger partial charge in [-0.15, -0.1) is 0 Å². The van der Waals surface area contributed by atoms with Gasteiger partial charge in [-0.25, -0.2) is 8.78 Å². The highest BCUT2D eigenvalue weighted by atomic mass is 19.3. The van der Waals surface area contributed by atoms with Gasteiger partial charge in [0.05, 0.1) is 0 Å². The summed E-state index contributed by atoms with van der Waals surface area (Å²) in [5.41, 5.74) is 3.21. The van der Waals surface area contributed by atoms with E-state index in [4.69, 9.17) is 0 Å². The van der Waals surface area contributed by atoms with E-state index < -0.39 is 6.43 Å². The van der Waals surface area contributed by atoms with Gasteiger partial charge in [0.2, 0.25) is 0 Å². The molecule has 0 saturated heterocycles. The van der Waals surface area contributed by atoms with E-state index in [-0.39, 0.29) is 5.56 Å². The second-order valence-corrected chi connectivity index (χ2v) is 4.45. The average molecular weight is 261 g/mol. The van der Waals surface area contributed by atoms with Crippen LogP contribution in [-0.4, -0.2) is 0 Å². The molecular weight excluding hydrogens is 244 g/mol. The number of rotatable bonds is 5. The predicted octanol–water partition coefficient (Wildman–Crippen LogP) is 4.80. The highest BCUT2D eigenvalue weighted by Crippen LogP contribution is 2.20. The van der Waals surface area contributed by atoms with Gasteiger partial charge in [-0.1, -0.05) is 37.3 Å². The fraction of sp³-hybridized carbons (Fsp3) is 0.250. The molecule has 2 aromatic carbocycles. The van der Waals surface area contributed by atoms with Crippen molar-refractivity contribution in [2.24, 2.45) is 0 Å². The summed E-state index contributed by atoms with van der Waals surface area (Å²) in [6.45, 7) is 2.66. The summed E-state index contributed by atoms with van der Waals surface area (Å²) in [5.74, 6) is 0. The summed E-state index contributed by atoms with van der Waals surface area (Å²) in [6.07, 6.45) is -1.40. The topological polar surface area (TPSA) is 12.0 Å². The number of hydrogen-bond acceptors (Lipinski definition) is 1. The van der Waals surface area contributed by atoms with Crippen molar-refractivity contribution in [3.63, 3.8) is 0 Å². The van der Waals surface area contributed by atoms with E-state index in [0.717, 1.165) is 17.7 Å². The van der Waals surface area contributed by atoms with Crippen LogP contribution in [0.4, 0.5) is 14.5 Å². The molecule has 1 nitrogen and oxygen atoms in total. The minimum absolute atomic E-state index is 0.0700. The van der Waals surface area contributed by atoms with Gasteiger partial charge in [0.1, 0.15) is 0 Å². The third-order valence-corrected chi connectivity index (χ3v) is 3.06. The fourth-order valence-electron chi connectivity index (χ4n) is 1.90. The first-order chi connectivity index (χ1) is 9.19. The molecule has 0 unspecified atom stereocenters. The van der Waals surface area contributed by atoms with Gasteiger partial charge >= 0.3 is 0 Å². The predicted molar refractivity (Wildman–Crippen MR) is 74.5 cm³/mol. The van der Waals surface area contributed by atoms with Gasteiger partial charge < -0.3 is 5.32 Å². The molecule has 0 spiro atoms. The molecule has 100 valence electrons. The number of anilines is 1. The Morgan fingerprint density at radius 1 is 1.00 bits per heavy atom. The lowest BCUT2D eigenvalue weighted by Gasteiger charge is -2.08. The Labute approximate surface area is 112 Å². The summed E-state index contributed by atoms with van der Waals surface area (Å²) < 4.78 is 25.1. The van der Waals surface area contributed by atoms with Gasteiger partial charge in [0.25, 0.3) is 6.43 Å². The second kappa shape index (κ2) is 6.32. The highest BCUT2D eigenvalue weighted by Gasteiger charge is 2.06. The van der Waals surface area contributed by atoms with Crippen LogP contribution in [0.1, 0.15) is 30.0 Å². The first-order valence-electron chi connectivity index (χ1n) is 6.39. The molecule has 0 aliphatic carbocycles.